The van der Waals surface area contributed by atoms with E-state index in [1.165, 1.54) is 105 Å². The van der Waals surface area contributed by atoms with Gasteiger partial charge >= 0.3 is 0 Å². The molecule has 2 atom stereocenters. The summed E-state index contributed by atoms with van der Waals surface area (Å²) in [7, 11) is 0. The van der Waals surface area contributed by atoms with Crippen molar-refractivity contribution >= 4 is 43.6 Å². The first-order valence-electron chi connectivity index (χ1n) is 19.5. The normalized spacial score (nSPS) is 17.7. The van der Waals surface area contributed by atoms with Crippen molar-refractivity contribution in [3.63, 3.8) is 0 Å². The summed E-state index contributed by atoms with van der Waals surface area (Å²) in [5.74, 6) is 0.203. The molecule has 7 aromatic carbocycles. The van der Waals surface area contributed by atoms with Crippen molar-refractivity contribution in [2.24, 2.45) is 0 Å². The Bertz CT molecular complexity index is 2940. The maximum atomic E-state index is 4.62. The van der Waals surface area contributed by atoms with E-state index in [4.69, 9.17) is 0 Å². The first-order chi connectivity index (χ1) is 27.3. The van der Waals surface area contributed by atoms with Crippen molar-refractivity contribution in [1.29, 1.82) is 0 Å². The van der Waals surface area contributed by atoms with Crippen LogP contribution in [0.25, 0.3) is 82.4 Å². The van der Waals surface area contributed by atoms with Crippen molar-refractivity contribution in [2.75, 3.05) is 4.90 Å². The van der Waals surface area contributed by atoms with Gasteiger partial charge in [0.1, 0.15) is 0 Å². The van der Waals surface area contributed by atoms with E-state index in [2.05, 4.69) is 186 Å². The molecule has 0 spiro atoms. The first-order valence-corrected chi connectivity index (χ1v) is 19.5. The molecular weight excluding hydrogens is 665 g/mol. The van der Waals surface area contributed by atoms with Gasteiger partial charge in [0.2, 0.25) is 0 Å². The Morgan fingerprint density at radius 3 is 2.00 bits per heavy atom. The van der Waals surface area contributed by atoms with E-state index in [1.54, 1.807) is 0 Å². The van der Waals surface area contributed by atoms with E-state index in [-0.39, 0.29) is 12.0 Å². The number of hydrogen-bond acceptors (Lipinski definition) is 2. The molecule has 2 heteroatoms. The zero-order chi connectivity index (χ0) is 36.0. The summed E-state index contributed by atoms with van der Waals surface area (Å²) in [5.41, 5.74) is 17.1. The van der Waals surface area contributed by atoms with E-state index >= 15 is 0 Å². The average Bonchev–Trinajstić information content (AvgIpc) is 3.77. The number of anilines is 1. The van der Waals surface area contributed by atoms with Crippen molar-refractivity contribution in [1.82, 2.24) is 4.98 Å². The summed E-state index contributed by atoms with van der Waals surface area (Å²) < 4.78 is 0. The van der Waals surface area contributed by atoms with Crippen molar-refractivity contribution in [3.8, 4) is 44.5 Å². The maximum absolute atomic E-state index is 4.62. The third-order valence-electron chi connectivity index (χ3n) is 12.5. The van der Waals surface area contributed by atoms with Crippen LogP contribution in [0.15, 0.2) is 188 Å². The number of nitrogens with zero attached hydrogens (tertiary/aromatic N) is 2. The molecule has 3 aliphatic carbocycles. The molecular formula is C53H36N2. The smallest absolute Gasteiger partial charge is 0.0627 e. The van der Waals surface area contributed by atoms with Crippen LogP contribution in [0.1, 0.15) is 29.9 Å². The van der Waals surface area contributed by atoms with Gasteiger partial charge in [-0.05, 0) is 119 Å². The fourth-order valence-electron chi connectivity index (χ4n) is 10.2. The zero-order valence-electron chi connectivity index (χ0n) is 30.3. The monoisotopic (exact) mass is 700 g/mol. The fraction of sp³-hybridized carbons (Fsp3) is 0.0755. The van der Waals surface area contributed by atoms with Gasteiger partial charge in [0.25, 0.3) is 0 Å². The van der Waals surface area contributed by atoms with Crippen molar-refractivity contribution in [2.45, 2.75) is 24.8 Å². The van der Waals surface area contributed by atoms with Crippen LogP contribution in [-0.2, 0) is 0 Å². The molecule has 0 saturated heterocycles. The first kappa shape index (κ1) is 30.7. The van der Waals surface area contributed by atoms with Gasteiger partial charge in [-0.1, -0.05) is 152 Å². The highest BCUT2D eigenvalue weighted by molar-refractivity contribution is 6.28. The SMILES string of the molecule is C1=CCCC(N2c3ccc4ccncc4c3C3C=C(c4ccc5c6c(cccc46)-c4c-5c(-c5ccccc5)c5ccccc5c4-c4ccccc4)C=CC32)=C1. The molecule has 0 fully saturated rings. The van der Waals surface area contributed by atoms with Crippen LogP contribution < -0.4 is 4.90 Å². The Hall–Kier alpha value is -6.77. The van der Waals surface area contributed by atoms with Crippen LogP contribution in [0.5, 0.6) is 0 Å². The number of rotatable bonds is 4. The van der Waals surface area contributed by atoms with Crippen LogP contribution in [-0.4, -0.2) is 11.0 Å². The predicted octanol–water partition coefficient (Wildman–Crippen LogP) is 13.7. The minimum Gasteiger partial charge on any atom is -0.337 e. The Morgan fingerprint density at radius 1 is 0.582 bits per heavy atom. The molecule has 0 bridgehead atoms. The van der Waals surface area contributed by atoms with E-state index in [9.17, 15) is 0 Å². The molecule has 2 unspecified atom stereocenters. The second kappa shape index (κ2) is 11.9. The number of pyridine rings is 1. The van der Waals surface area contributed by atoms with Gasteiger partial charge < -0.3 is 4.90 Å². The lowest BCUT2D eigenvalue weighted by Crippen LogP contribution is -2.32. The summed E-state index contributed by atoms with van der Waals surface area (Å²) in [6.45, 7) is 0. The lowest BCUT2D eigenvalue weighted by Gasteiger charge is -2.32. The number of benzene rings is 7. The average molecular weight is 701 g/mol. The number of aromatic nitrogens is 1. The Labute approximate surface area is 320 Å². The Balaban J connectivity index is 1.10. The van der Waals surface area contributed by atoms with Gasteiger partial charge in [-0.15, -0.1) is 0 Å². The second-order valence-corrected chi connectivity index (χ2v) is 15.3. The largest absolute Gasteiger partial charge is 0.337 e. The molecule has 4 aliphatic rings. The highest BCUT2D eigenvalue weighted by Crippen LogP contribution is 2.59. The summed E-state index contributed by atoms with van der Waals surface area (Å²) in [6, 6.07) is 49.8. The van der Waals surface area contributed by atoms with Crippen molar-refractivity contribution in [3.05, 3.63) is 199 Å². The zero-order valence-corrected chi connectivity index (χ0v) is 30.3. The van der Waals surface area contributed by atoms with Crippen LogP contribution in [0, 0.1) is 0 Å². The molecule has 2 nitrogen and oxygen atoms in total. The van der Waals surface area contributed by atoms with Gasteiger partial charge in [-0.2, -0.15) is 0 Å². The van der Waals surface area contributed by atoms with Crippen LogP contribution in [0.4, 0.5) is 5.69 Å². The highest BCUT2D eigenvalue weighted by Gasteiger charge is 2.41. The van der Waals surface area contributed by atoms with Crippen molar-refractivity contribution < 1.29 is 0 Å². The lowest BCUT2D eigenvalue weighted by atomic mass is 9.82. The van der Waals surface area contributed by atoms with Gasteiger partial charge in [-0.25, -0.2) is 0 Å². The van der Waals surface area contributed by atoms with Crippen LogP contribution in [0.3, 0.4) is 0 Å². The maximum Gasteiger partial charge on any atom is 0.0627 e. The third-order valence-corrected chi connectivity index (χ3v) is 12.5. The lowest BCUT2D eigenvalue weighted by molar-refractivity contribution is 0.704. The molecule has 55 heavy (non-hydrogen) atoms. The predicted molar refractivity (Wildman–Crippen MR) is 231 cm³/mol. The van der Waals surface area contributed by atoms with E-state index in [1.807, 2.05) is 6.20 Å². The van der Waals surface area contributed by atoms with Gasteiger partial charge in [0, 0.05) is 35.1 Å². The van der Waals surface area contributed by atoms with Crippen LogP contribution in [0.2, 0.25) is 0 Å². The van der Waals surface area contributed by atoms with E-state index < -0.39 is 0 Å². The topological polar surface area (TPSA) is 16.1 Å². The van der Waals surface area contributed by atoms with Gasteiger partial charge in [0.05, 0.1) is 6.04 Å². The summed E-state index contributed by atoms with van der Waals surface area (Å²) in [5, 5.41) is 7.72. The molecule has 1 aromatic heterocycles. The molecule has 0 amide bonds. The minimum absolute atomic E-state index is 0.203. The second-order valence-electron chi connectivity index (χ2n) is 15.3. The van der Waals surface area contributed by atoms with E-state index in [0.717, 1.165) is 12.8 Å². The fourth-order valence-corrected chi connectivity index (χ4v) is 10.2. The molecule has 258 valence electrons. The Kier molecular flexibility index (Phi) is 6.62. The highest BCUT2D eigenvalue weighted by atomic mass is 15.2. The summed E-state index contributed by atoms with van der Waals surface area (Å²) in [4.78, 5) is 7.23. The molecule has 1 aliphatic heterocycles. The molecule has 0 radical (unpaired) electrons. The standard InChI is InChI=1S/C53H36N2/c1-4-13-34(14-5-1)48-40-19-10-11-20-41(40)49(35-15-6-2-7-16-35)53-43-26-25-38(39-21-12-22-42(50(39)43)52(48)53)36-24-27-46-44(31-36)51-45-32-54-30-29-33(45)23-28-47(51)55(46)37-17-8-3-9-18-37/h1-8,10-17,19-32,44,46H,9,18H2. The Morgan fingerprint density at radius 2 is 1.27 bits per heavy atom. The molecule has 0 N–H and O–H groups in total. The number of fused-ring (bicyclic) bond motifs is 9. The number of hydrogen-bond donors (Lipinski definition) is 0. The summed E-state index contributed by atoms with van der Waals surface area (Å²) in [6.07, 6.45) is 20.3. The molecule has 2 heterocycles. The number of allylic oxidation sites excluding steroid dienone is 6. The molecule has 12 rings (SSSR count). The van der Waals surface area contributed by atoms with E-state index in [0.29, 0.717) is 0 Å². The van der Waals surface area contributed by atoms with Gasteiger partial charge in [-0.3, -0.25) is 4.98 Å². The van der Waals surface area contributed by atoms with Crippen LogP contribution >= 0.6 is 0 Å². The molecule has 0 saturated carbocycles. The summed E-state index contributed by atoms with van der Waals surface area (Å²) >= 11 is 0. The molecule has 8 aromatic rings. The quantitative estimate of drug-likeness (QED) is 0.182. The minimum atomic E-state index is 0.203. The van der Waals surface area contributed by atoms with Gasteiger partial charge in [0.15, 0.2) is 0 Å². The third kappa shape index (κ3) is 4.40.